The molecule has 2 aromatic rings. The molecule has 1 fully saturated rings. The second kappa shape index (κ2) is 4.61. The van der Waals surface area contributed by atoms with Crippen LogP contribution in [-0.2, 0) is 11.2 Å². The SMILES string of the molecule is CCc1nc2cc(NC3CC(OC)C3)ccc2o1. The quantitative estimate of drug-likeness (QED) is 0.901. The topological polar surface area (TPSA) is 47.3 Å². The molecule has 1 saturated carbocycles. The van der Waals surface area contributed by atoms with E-state index >= 15 is 0 Å². The fourth-order valence-corrected chi connectivity index (χ4v) is 2.33. The molecule has 1 N–H and O–H groups in total. The van der Waals surface area contributed by atoms with Gasteiger partial charge in [-0.25, -0.2) is 4.98 Å². The van der Waals surface area contributed by atoms with Gasteiger partial charge >= 0.3 is 0 Å². The van der Waals surface area contributed by atoms with Gasteiger partial charge in [-0.15, -0.1) is 0 Å². The van der Waals surface area contributed by atoms with Crippen molar-refractivity contribution in [1.82, 2.24) is 4.98 Å². The van der Waals surface area contributed by atoms with E-state index in [1.807, 2.05) is 19.1 Å². The first kappa shape index (κ1) is 11.5. The van der Waals surface area contributed by atoms with E-state index in [9.17, 15) is 0 Å². The third-order valence-electron chi connectivity index (χ3n) is 3.53. The number of oxazole rings is 1. The molecule has 0 unspecified atom stereocenters. The van der Waals surface area contributed by atoms with E-state index in [4.69, 9.17) is 9.15 Å². The molecule has 0 aliphatic heterocycles. The third kappa shape index (κ3) is 2.08. The molecule has 1 aromatic carbocycles. The van der Waals surface area contributed by atoms with Crippen molar-refractivity contribution < 1.29 is 9.15 Å². The zero-order valence-corrected chi connectivity index (χ0v) is 10.8. The summed E-state index contributed by atoms with van der Waals surface area (Å²) >= 11 is 0. The van der Waals surface area contributed by atoms with Crippen LogP contribution in [0.25, 0.3) is 11.1 Å². The van der Waals surface area contributed by atoms with Gasteiger partial charge in [0.05, 0.1) is 6.10 Å². The molecule has 1 aliphatic rings. The Morgan fingerprint density at radius 3 is 3.00 bits per heavy atom. The van der Waals surface area contributed by atoms with E-state index in [0.29, 0.717) is 12.1 Å². The van der Waals surface area contributed by atoms with Crippen molar-refractivity contribution in [3.8, 4) is 0 Å². The number of nitrogens with one attached hydrogen (secondary N) is 1. The molecule has 18 heavy (non-hydrogen) atoms. The van der Waals surface area contributed by atoms with Crippen molar-refractivity contribution >= 4 is 16.8 Å². The fraction of sp³-hybridized carbons (Fsp3) is 0.500. The molecule has 0 atom stereocenters. The first-order valence-electron chi connectivity index (χ1n) is 6.47. The highest BCUT2D eigenvalue weighted by Crippen LogP contribution is 2.27. The summed E-state index contributed by atoms with van der Waals surface area (Å²) in [5.74, 6) is 0.797. The summed E-state index contributed by atoms with van der Waals surface area (Å²) in [7, 11) is 1.77. The van der Waals surface area contributed by atoms with Crippen LogP contribution in [0.5, 0.6) is 0 Å². The first-order chi connectivity index (χ1) is 8.78. The molecule has 0 saturated heterocycles. The molecule has 4 heteroatoms. The number of hydrogen-bond donors (Lipinski definition) is 1. The maximum absolute atomic E-state index is 5.59. The smallest absolute Gasteiger partial charge is 0.195 e. The summed E-state index contributed by atoms with van der Waals surface area (Å²) in [6.45, 7) is 2.04. The maximum atomic E-state index is 5.59. The predicted octanol–water partition coefficient (Wildman–Crippen LogP) is 2.98. The lowest BCUT2D eigenvalue weighted by molar-refractivity contribution is 0.0329. The molecular formula is C14H18N2O2. The third-order valence-corrected chi connectivity index (χ3v) is 3.53. The van der Waals surface area contributed by atoms with Crippen LogP contribution in [0, 0.1) is 0 Å². The van der Waals surface area contributed by atoms with Crippen LogP contribution >= 0.6 is 0 Å². The van der Waals surface area contributed by atoms with Gasteiger partial charge in [-0.3, -0.25) is 0 Å². The number of methoxy groups -OCH3 is 1. The highest BCUT2D eigenvalue weighted by atomic mass is 16.5. The van der Waals surface area contributed by atoms with Gasteiger partial charge in [0, 0.05) is 25.3 Å². The molecule has 0 bridgehead atoms. The Kier molecular flexibility index (Phi) is 2.96. The van der Waals surface area contributed by atoms with Gasteiger partial charge in [0.15, 0.2) is 11.5 Å². The molecule has 1 aliphatic carbocycles. The van der Waals surface area contributed by atoms with Crippen molar-refractivity contribution in [2.75, 3.05) is 12.4 Å². The maximum Gasteiger partial charge on any atom is 0.195 e. The van der Waals surface area contributed by atoms with Gasteiger partial charge < -0.3 is 14.5 Å². The Hall–Kier alpha value is -1.55. The summed E-state index contributed by atoms with van der Waals surface area (Å²) < 4.78 is 10.9. The number of rotatable bonds is 4. The van der Waals surface area contributed by atoms with E-state index in [-0.39, 0.29) is 0 Å². The van der Waals surface area contributed by atoms with Crippen LogP contribution in [0.1, 0.15) is 25.7 Å². The molecule has 0 radical (unpaired) electrons. The fourth-order valence-electron chi connectivity index (χ4n) is 2.33. The number of ether oxygens (including phenoxy) is 1. The molecule has 96 valence electrons. The van der Waals surface area contributed by atoms with Gasteiger partial charge in [-0.2, -0.15) is 0 Å². The Morgan fingerprint density at radius 1 is 1.44 bits per heavy atom. The molecule has 1 heterocycles. The van der Waals surface area contributed by atoms with Crippen molar-refractivity contribution in [2.24, 2.45) is 0 Å². The Balaban J connectivity index is 1.73. The van der Waals surface area contributed by atoms with Crippen LogP contribution in [0.15, 0.2) is 22.6 Å². The van der Waals surface area contributed by atoms with Crippen molar-refractivity contribution in [1.29, 1.82) is 0 Å². The normalized spacial score (nSPS) is 23.0. The average molecular weight is 246 g/mol. The molecule has 0 amide bonds. The van der Waals surface area contributed by atoms with E-state index in [2.05, 4.69) is 16.4 Å². The molecule has 0 spiro atoms. The number of benzene rings is 1. The Morgan fingerprint density at radius 2 is 2.28 bits per heavy atom. The van der Waals surface area contributed by atoms with Crippen molar-refractivity contribution in [3.63, 3.8) is 0 Å². The minimum Gasteiger partial charge on any atom is -0.441 e. The van der Waals surface area contributed by atoms with Crippen LogP contribution < -0.4 is 5.32 Å². The Labute approximate surface area is 106 Å². The van der Waals surface area contributed by atoms with Crippen LogP contribution in [0.3, 0.4) is 0 Å². The number of hydrogen-bond acceptors (Lipinski definition) is 4. The first-order valence-corrected chi connectivity index (χ1v) is 6.47. The summed E-state index contributed by atoms with van der Waals surface area (Å²) in [6, 6.07) is 6.60. The largest absolute Gasteiger partial charge is 0.441 e. The molecule has 4 nitrogen and oxygen atoms in total. The van der Waals surface area contributed by atoms with E-state index in [0.717, 1.165) is 41.9 Å². The number of nitrogens with zero attached hydrogens (tertiary/aromatic N) is 1. The lowest BCUT2D eigenvalue weighted by Gasteiger charge is -2.35. The van der Waals surface area contributed by atoms with Gasteiger partial charge in [-0.05, 0) is 31.0 Å². The number of anilines is 1. The number of aryl methyl sites for hydroxylation is 1. The van der Waals surface area contributed by atoms with E-state index in [1.54, 1.807) is 7.11 Å². The van der Waals surface area contributed by atoms with Crippen molar-refractivity contribution in [2.45, 2.75) is 38.3 Å². The number of aromatic nitrogens is 1. The molecular weight excluding hydrogens is 228 g/mol. The van der Waals surface area contributed by atoms with Gasteiger partial charge in [0.25, 0.3) is 0 Å². The minimum absolute atomic E-state index is 0.421. The van der Waals surface area contributed by atoms with Crippen LogP contribution in [0.4, 0.5) is 5.69 Å². The summed E-state index contributed by atoms with van der Waals surface area (Å²) in [5, 5.41) is 3.50. The second-order valence-corrected chi connectivity index (χ2v) is 4.81. The summed E-state index contributed by atoms with van der Waals surface area (Å²) in [5.41, 5.74) is 2.90. The Bertz CT molecular complexity index is 544. The van der Waals surface area contributed by atoms with Crippen LogP contribution in [0.2, 0.25) is 0 Å². The zero-order chi connectivity index (χ0) is 12.5. The van der Waals surface area contributed by atoms with Gasteiger partial charge in [0.2, 0.25) is 0 Å². The van der Waals surface area contributed by atoms with Crippen molar-refractivity contribution in [3.05, 3.63) is 24.1 Å². The predicted molar refractivity (Wildman–Crippen MR) is 70.8 cm³/mol. The average Bonchev–Trinajstić information content (AvgIpc) is 2.75. The van der Waals surface area contributed by atoms with E-state index < -0.39 is 0 Å². The summed E-state index contributed by atoms with van der Waals surface area (Å²) in [6.07, 6.45) is 3.40. The monoisotopic (exact) mass is 246 g/mol. The van der Waals surface area contributed by atoms with E-state index in [1.165, 1.54) is 0 Å². The zero-order valence-electron chi connectivity index (χ0n) is 10.8. The molecule has 1 aromatic heterocycles. The lowest BCUT2D eigenvalue weighted by atomic mass is 9.89. The van der Waals surface area contributed by atoms with Crippen LogP contribution in [-0.4, -0.2) is 24.2 Å². The lowest BCUT2D eigenvalue weighted by Crippen LogP contribution is -2.40. The highest BCUT2D eigenvalue weighted by Gasteiger charge is 2.28. The van der Waals surface area contributed by atoms with Gasteiger partial charge in [-0.1, -0.05) is 6.92 Å². The van der Waals surface area contributed by atoms with Gasteiger partial charge in [0.1, 0.15) is 5.52 Å². The second-order valence-electron chi connectivity index (χ2n) is 4.81. The number of fused-ring (bicyclic) bond motifs is 1. The molecule has 3 rings (SSSR count). The summed E-state index contributed by atoms with van der Waals surface area (Å²) in [4.78, 5) is 4.44. The standard InChI is InChI=1S/C14H18N2O2/c1-3-14-16-12-8-9(4-5-13(12)18-14)15-10-6-11(7-10)17-2/h4-5,8,10-11,15H,3,6-7H2,1-2H3. The minimum atomic E-state index is 0.421. The highest BCUT2D eigenvalue weighted by molar-refractivity contribution is 5.77.